The van der Waals surface area contributed by atoms with Gasteiger partial charge in [0.05, 0.1) is 11.1 Å². The van der Waals surface area contributed by atoms with Gasteiger partial charge in [-0.25, -0.2) is 14.8 Å². The number of nitrogens with one attached hydrogen (secondary N) is 1. The summed E-state index contributed by atoms with van der Waals surface area (Å²) in [6.45, 7) is 5.36. The van der Waals surface area contributed by atoms with Gasteiger partial charge in [0, 0.05) is 16.3 Å². The first-order chi connectivity index (χ1) is 15.1. The van der Waals surface area contributed by atoms with Crippen molar-refractivity contribution in [3.8, 4) is 16.8 Å². The standard InChI is InChI=1S/C23H21Cl2N5O2/c1-23(2,3)32-22(31)29-20-18-17(13-7-9-14(24)10-8-13)19(25)30(21(18)28-12-27-20)16-6-4-5-15(26)11-16/h4-12H,26H2,1-3H3,(H,27,28,29,31). The number of amides is 1. The van der Waals surface area contributed by atoms with Crippen molar-refractivity contribution in [2.75, 3.05) is 11.1 Å². The van der Waals surface area contributed by atoms with Gasteiger partial charge < -0.3 is 10.5 Å². The molecule has 0 radical (unpaired) electrons. The van der Waals surface area contributed by atoms with Crippen LogP contribution >= 0.6 is 23.2 Å². The summed E-state index contributed by atoms with van der Waals surface area (Å²) < 4.78 is 7.17. The molecule has 4 aromatic rings. The predicted octanol–water partition coefficient (Wildman–Crippen LogP) is 6.32. The number of nitrogens with zero attached hydrogens (tertiary/aromatic N) is 3. The monoisotopic (exact) mass is 469 g/mol. The van der Waals surface area contributed by atoms with Crippen LogP contribution in [0.25, 0.3) is 27.8 Å². The lowest BCUT2D eigenvalue weighted by atomic mass is 10.1. The average Bonchev–Trinajstić information content (AvgIpc) is 3.00. The molecular weight excluding hydrogens is 449 g/mol. The molecule has 0 saturated carbocycles. The topological polar surface area (TPSA) is 95.1 Å². The lowest BCUT2D eigenvalue weighted by Gasteiger charge is -2.19. The van der Waals surface area contributed by atoms with Crippen molar-refractivity contribution in [2.24, 2.45) is 0 Å². The quantitative estimate of drug-likeness (QED) is 0.342. The summed E-state index contributed by atoms with van der Waals surface area (Å²) in [5.41, 5.74) is 8.58. The summed E-state index contributed by atoms with van der Waals surface area (Å²) >= 11 is 13.0. The van der Waals surface area contributed by atoms with E-state index in [0.717, 1.165) is 11.3 Å². The van der Waals surface area contributed by atoms with Crippen molar-refractivity contribution in [1.82, 2.24) is 14.5 Å². The Morgan fingerprint density at radius 3 is 2.47 bits per heavy atom. The minimum atomic E-state index is -0.666. The van der Waals surface area contributed by atoms with Crippen LogP contribution in [0.5, 0.6) is 0 Å². The summed E-state index contributed by atoms with van der Waals surface area (Å²) in [5, 5.41) is 4.27. The third-order valence-corrected chi connectivity index (χ3v) is 5.18. The van der Waals surface area contributed by atoms with E-state index in [9.17, 15) is 4.79 Å². The van der Waals surface area contributed by atoms with Crippen molar-refractivity contribution in [1.29, 1.82) is 0 Å². The Kier molecular flexibility index (Phi) is 5.71. The first-order valence-electron chi connectivity index (χ1n) is 9.81. The maximum Gasteiger partial charge on any atom is 0.413 e. The van der Waals surface area contributed by atoms with Crippen molar-refractivity contribution < 1.29 is 9.53 Å². The summed E-state index contributed by atoms with van der Waals surface area (Å²) in [7, 11) is 0. The van der Waals surface area contributed by atoms with Gasteiger partial charge in [-0.3, -0.25) is 9.88 Å². The molecule has 0 aliphatic heterocycles. The zero-order chi connectivity index (χ0) is 23.0. The summed E-state index contributed by atoms with van der Waals surface area (Å²) in [4.78, 5) is 21.3. The zero-order valence-electron chi connectivity index (χ0n) is 17.7. The molecule has 0 unspecified atom stereocenters. The van der Waals surface area contributed by atoms with Gasteiger partial charge in [0.25, 0.3) is 0 Å². The average molecular weight is 470 g/mol. The molecule has 3 N–H and O–H groups in total. The number of carbonyl (C=O) groups excluding carboxylic acids is 1. The third kappa shape index (κ3) is 4.35. The first-order valence-corrected chi connectivity index (χ1v) is 10.6. The van der Waals surface area contributed by atoms with E-state index in [1.807, 2.05) is 24.3 Å². The molecule has 0 saturated heterocycles. The maximum atomic E-state index is 12.5. The molecular formula is C23H21Cl2N5O2. The van der Waals surface area contributed by atoms with Crippen LogP contribution in [0.4, 0.5) is 16.3 Å². The third-order valence-electron chi connectivity index (χ3n) is 4.57. The van der Waals surface area contributed by atoms with E-state index >= 15 is 0 Å². The van der Waals surface area contributed by atoms with Crippen LogP contribution < -0.4 is 11.1 Å². The number of nitrogen functional groups attached to an aromatic ring is 1. The number of nitrogens with two attached hydrogens (primary N) is 1. The van der Waals surface area contributed by atoms with E-state index in [4.69, 9.17) is 33.7 Å². The zero-order valence-corrected chi connectivity index (χ0v) is 19.2. The number of aromatic nitrogens is 3. The molecule has 164 valence electrons. The molecule has 32 heavy (non-hydrogen) atoms. The second-order valence-corrected chi connectivity index (χ2v) is 8.95. The SMILES string of the molecule is CC(C)(C)OC(=O)Nc1ncnc2c1c(-c1ccc(Cl)cc1)c(Cl)n2-c1cccc(N)c1. The Balaban J connectivity index is 1.98. The molecule has 4 rings (SSSR count). The van der Waals surface area contributed by atoms with E-state index in [-0.39, 0.29) is 5.82 Å². The molecule has 2 aromatic carbocycles. The van der Waals surface area contributed by atoms with Crippen molar-refractivity contribution >= 4 is 51.8 Å². The summed E-state index contributed by atoms with van der Waals surface area (Å²) in [5.74, 6) is 0.277. The van der Waals surface area contributed by atoms with Crippen molar-refractivity contribution in [3.05, 3.63) is 65.0 Å². The van der Waals surface area contributed by atoms with E-state index in [0.29, 0.717) is 32.5 Å². The van der Waals surface area contributed by atoms with Gasteiger partial charge in [0.15, 0.2) is 5.65 Å². The number of hydrogen-bond acceptors (Lipinski definition) is 5. The van der Waals surface area contributed by atoms with Gasteiger partial charge in [-0.2, -0.15) is 0 Å². The number of carbonyl (C=O) groups is 1. The predicted molar refractivity (Wildman–Crippen MR) is 129 cm³/mol. The molecule has 2 heterocycles. The number of fused-ring (bicyclic) bond motifs is 1. The van der Waals surface area contributed by atoms with Crippen LogP contribution in [0.1, 0.15) is 20.8 Å². The van der Waals surface area contributed by atoms with Gasteiger partial charge >= 0.3 is 6.09 Å². The van der Waals surface area contributed by atoms with Gasteiger partial charge in [-0.05, 0) is 56.7 Å². The minimum absolute atomic E-state index is 0.277. The van der Waals surface area contributed by atoms with Crippen LogP contribution in [0.15, 0.2) is 54.9 Å². The van der Waals surface area contributed by atoms with Crippen LogP contribution in [-0.2, 0) is 4.74 Å². The molecule has 7 nitrogen and oxygen atoms in total. The Hall–Kier alpha value is -3.29. The summed E-state index contributed by atoms with van der Waals surface area (Å²) in [6, 6.07) is 14.5. The van der Waals surface area contributed by atoms with Gasteiger partial charge in [0.2, 0.25) is 0 Å². The second-order valence-electron chi connectivity index (χ2n) is 8.15. The first kappa shape index (κ1) is 21.9. The highest BCUT2D eigenvalue weighted by atomic mass is 35.5. The highest BCUT2D eigenvalue weighted by molar-refractivity contribution is 6.36. The maximum absolute atomic E-state index is 12.5. The molecule has 0 fully saturated rings. The Morgan fingerprint density at radius 1 is 1.09 bits per heavy atom. The number of halogens is 2. The second kappa shape index (κ2) is 8.33. The molecule has 0 aliphatic rings. The lowest BCUT2D eigenvalue weighted by Crippen LogP contribution is -2.27. The van der Waals surface area contributed by atoms with Gasteiger partial charge in [-0.15, -0.1) is 0 Å². The van der Waals surface area contributed by atoms with E-state index in [2.05, 4.69) is 15.3 Å². The van der Waals surface area contributed by atoms with E-state index in [1.54, 1.807) is 49.6 Å². The summed E-state index contributed by atoms with van der Waals surface area (Å²) in [6.07, 6.45) is 0.729. The van der Waals surface area contributed by atoms with Gasteiger partial charge in [-0.1, -0.05) is 41.4 Å². The molecule has 9 heteroatoms. The molecule has 0 spiro atoms. The fourth-order valence-electron chi connectivity index (χ4n) is 3.36. The molecule has 0 atom stereocenters. The number of rotatable bonds is 3. The molecule has 0 aliphatic carbocycles. The van der Waals surface area contributed by atoms with Crippen LogP contribution in [-0.4, -0.2) is 26.2 Å². The van der Waals surface area contributed by atoms with Crippen molar-refractivity contribution in [2.45, 2.75) is 26.4 Å². The molecule has 0 bridgehead atoms. The van der Waals surface area contributed by atoms with Crippen LogP contribution in [0.2, 0.25) is 10.2 Å². The van der Waals surface area contributed by atoms with E-state index in [1.165, 1.54) is 6.33 Å². The Labute approximate surface area is 195 Å². The lowest BCUT2D eigenvalue weighted by molar-refractivity contribution is 0.0635. The van der Waals surface area contributed by atoms with E-state index < -0.39 is 11.7 Å². The van der Waals surface area contributed by atoms with Crippen LogP contribution in [0, 0.1) is 0 Å². The highest BCUT2D eigenvalue weighted by Gasteiger charge is 2.25. The Bertz CT molecular complexity index is 1310. The normalized spacial score (nSPS) is 11.5. The molecule has 1 amide bonds. The largest absolute Gasteiger partial charge is 0.444 e. The number of anilines is 2. The number of benzene rings is 2. The Morgan fingerprint density at radius 2 is 1.81 bits per heavy atom. The smallest absolute Gasteiger partial charge is 0.413 e. The minimum Gasteiger partial charge on any atom is -0.444 e. The number of ether oxygens (including phenoxy) is 1. The van der Waals surface area contributed by atoms with Crippen molar-refractivity contribution in [3.63, 3.8) is 0 Å². The fourth-order valence-corrected chi connectivity index (χ4v) is 3.87. The highest BCUT2D eigenvalue weighted by Crippen LogP contribution is 2.42. The van der Waals surface area contributed by atoms with Gasteiger partial charge in [0.1, 0.15) is 22.9 Å². The fraction of sp³-hybridized carbons (Fsp3) is 0.174. The molecule has 2 aromatic heterocycles. The van der Waals surface area contributed by atoms with Crippen LogP contribution in [0.3, 0.4) is 0 Å². The number of hydrogen-bond donors (Lipinski definition) is 2.